The fourth-order valence-corrected chi connectivity index (χ4v) is 4.22. The average molecular weight is 381 g/mol. The Hall–Kier alpha value is -1.90. The average Bonchev–Trinajstić information content (AvgIpc) is 2.75. The SMILES string of the molecule is CCCCCc1cnc(-c2ccc(OC[C@H]3CC[C@H](CCC)CC3)cc2)nc1. The Kier molecular flexibility index (Phi) is 8.32. The van der Waals surface area contributed by atoms with Crippen LogP contribution in [0.1, 0.15) is 77.2 Å². The molecule has 1 saturated carbocycles. The predicted octanol–water partition coefficient (Wildman–Crippen LogP) is 6.86. The Labute approximate surface area is 171 Å². The fraction of sp³-hybridized carbons (Fsp3) is 0.600. The van der Waals surface area contributed by atoms with Gasteiger partial charge in [-0.15, -0.1) is 0 Å². The van der Waals surface area contributed by atoms with Gasteiger partial charge in [0.1, 0.15) is 5.75 Å². The zero-order valence-electron chi connectivity index (χ0n) is 17.7. The predicted molar refractivity (Wildman–Crippen MR) is 117 cm³/mol. The molecule has 0 atom stereocenters. The van der Waals surface area contributed by atoms with E-state index >= 15 is 0 Å². The van der Waals surface area contributed by atoms with Crippen LogP contribution < -0.4 is 4.74 Å². The molecule has 3 rings (SSSR count). The fourth-order valence-electron chi connectivity index (χ4n) is 4.22. The summed E-state index contributed by atoms with van der Waals surface area (Å²) in [7, 11) is 0. The van der Waals surface area contributed by atoms with Gasteiger partial charge in [0, 0.05) is 18.0 Å². The summed E-state index contributed by atoms with van der Waals surface area (Å²) in [5.41, 5.74) is 2.28. The van der Waals surface area contributed by atoms with E-state index in [-0.39, 0.29) is 0 Å². The maximum Gasteiger partial charge on any atom is 0.159 e. The highest BCUT2D eigenvalue weighted by Crippen LogP contribution is 2.32. The van der Waals surface area contributed by atoms with E-state index in [1.54, 1.807) is 0 Å². The van der Waals surface area contributed by atoms with Gasteiger partial charge in [-0.1, -0.05) is 52.4 Å². The highest BCUT2D eigenvalue weighted by atomic mass is 16.5. The molecule has 1 aliphatic rings. The highest BCUT2D eigenvalue weighted by Gasteiger charge is 2.21. The van der Waals surface area contributed by atoms with E-state index in [1.165, 1.54) is 63.4 Å². The van der Waals surface area contributed by atoms with Crippen LogP contribution in [-0.4, -0.2) is 16.6 Å². The van der Waals surface area contributed by atoms with Gasteiger partial charge in [-0.05, 0) is 67.3 Å². The molecule has 1 aromatic heterocycles. The molecule has 0 bridgehead atoms. The highest BCUT2D eigenvalue weighted by molar-refractivity contribution is 5.55. The Morgan fingerprint density at radius 3 is 2.18 bits per heavy atom. The summed E-state index contributed by atoms with van der Waals surface area (Å²) in [6.45, 7) is 5.37. The Balaban J connectivity index is 1.46. The second kappa shape index (κ2) is 11.2. The van der Waals surface area contributed by atoms with Gasteiger partial charge in [-0.25, -0.2) is 9.97 Å². The van der Waals surface area contributed by atoms with Crippen molar-refractivity contribution in [3.8, 4) is 17.1 Å². The van der Waals surface area contributed by atoms with Crippen molar-refractivity contribution in [2.45, 2.75) is 78.1 Å². The van der Waals surface area contributed by atoms with Gasteiger partial charge < -0.3 is 4.74 Å². The first kappa shape index (κ1) is 20.8. The van der Waals surface area contributed by atoms with Crippen molar-refractivity contribution in [1.82, 2.24) is 9.97 Å². The van der Waals surface area contributed by atoms with E-state index in [1.807, 2.05) is 12.4 Å². The number of aryl methyl sites for hydroxylation is 1. The topological polar surface area (TPSA) is 35.0 Å². The minimum atomic E-state index is 0.719. The van der Waals surface area contributed by atoms with Crippen LogP contribution in [0.15, 0.2) is 36.7 Å². The summed E-state index contributed by atoms with van der Waals surface area (Å²) in [5.74, 6) is 3.42. The lowest BCUT2D eigenvalue weighted by molar-refractivity contribution is 0.178. The molecule has 0 spiro atoms. The first-order valence-corrected chi connectivity index (χ1v) is 11.3. The third-order valence-corrected chi connectivity index (χ3v) is 6.04. The van der Waals surface area contributed by atoms with E-state index in [2.05, 4.69) is 48.1 Å². The monoisotopic (exact) mass is 380 g/mol. The van der Waals surface area contributed by atoms with Crippen LogP contribution in [0.5, 0.6) is 5.75 Å². The second-order valence-corrected chi connectivity index (χ2v) is 8.38. The quantitative estimate of drug-likeness (QED) is 0.422. The molecule has 1 fully saturated rings. The molecule has 0 N–H and O–H groups in total. The lowest BCUT2D eigenvalue weighted by atomic mass is 9.80. The van der Waals surface area contributed by atoms with Crippen molar-refractivity contribution >= 4 is 0 Å². The number of aromatic nitrogens is 2. The molecular formula is C25H36N2O. The van der Waals surface area contributed by atoms with Crippen LogP contribution >= 0.6 is 0 Å². The summed E-state index contributed by atoms with van der Waals surface area (Å²) in [6, 6.07) is 8.24. The summed E-state index contributed by atoms with van der Waals surface area (Å²) < 4.78 is 6.06. The van der Waals surface area contributed by atoms with Crippen LogP contribution in [0, 0.1) is 11.8 Å². The van der Waals surface area contributed by atoms with Crippen LogP contribution in [0.2, 0.25) is 0 Å². The summed E-state index contributed by atoms with van der Waals surface area (Å²) in [6.07, 6.45) is 16.9. The lowest BCUT2D eigenvalue weighted by Crippen LogP contribution is -2.20. The molecule has 3 nitrogen and oxygen atoms in total. The number of rotatable bonds is 10. The van der Waals surface area contributed by atoms with Crippen molar-refractivity contribution in [2.75, 3.05) is 6.61 Å². The Morgan fingerprint density at radius 2 is 1.54 bits per heavy atom. The number of nitrogens with zero attached hydrogens (tertiary/aromatic N) is 2. The molecule has 1 aliphatic carbocycles. The second-order valence-electron chi connectivity index (χ2n) is 8.38. The molecule has 1 heterocycles. The smallest absolute Gasteiger partial charge is 0.159 e. The van der Waals surface area contributed by atoms with Crippen molar-refractivity contribution < 1.29 is 4.74 Å². The Morgan fingerprint density at radius 1 is 0.857 bits per heavy atom. The van der Waals surface area contributed by atoms with Crippen LogP contribution in [0.4, 0.5) is 0 Å². The number of unbranched alkanes of at least 4 members (excludes halogenated alkanes) is 2. The largest absolute Gasteiger partial charge is 0.493 e. The molecule has 152 valence electrons. The maximum absolute atomic E-state index is 6.06. The number of ether oxygens (including phenoxy) is 1. The number of benzene rings is 1. The minimum Gasteiger partial charge on any atom is -0.493 e. The number of hydrogen-bond donors (Lipinski definition) is 0. The van der Waals surface area contributed by atoms with Crippen LogP contribution in [0.25, 0.3) is 11.4 Å². The molecule has 0 amide bonds. The summed E-state index contributed by atoms with van der Waals surface area (Å²) >= 11 is 0. The summed E-state index contributed by atoms with van der Waals surface area (Å²) in [4.78, 5) is 9.09. The zero-order valence-corrected chi connectivity index (χ0v) is 17.7. The standard InChI is InChI=1S/C25H36N2O/c1-3-5-6-8-22-17-26-25(27-18-22)23-13-15-24(16-14-23)28-19-21-11-9-20(7-4-2)10-12-21/h13-18,20-21H,3-12,19H2,1-2H3/t20-,21-. The molecule has 3 heteroatoms. The van der Waals surface area contributed by atoms with Crippen molar-refractivity contribution in [3.05, 3.63) is 42.2 Å². The van der Waals surface area contributed by atoms with Gasteiger partial charge in [0.15, 0.2) is 5.82 Å². The summed E-state index contributed by atoms with van der Waals surface area (Å²) in [5, 5.41) is 0. The normalized spacial score (nSPS) is 19.5. The lowest BCUT2D eigenvalue weighted by Gasteiger charge is -2.28. The van der Waals surface area contributed by atoms with Crippen molar-refractivity contribution in [1.29, 1.82) is 0 Å². The molecule has 28 heavy (non-hydrogen) atoms. The van der Waals surface area contributed by atoms with E-state index in [0.29, 0.717) is 0 Å². The Bertz CT molecular complexity index is 673. The maximum atomic E-state index is 6.06. The molecule has 0 saturated heterocycles. The van der Waals surface area contributed by atoms with E-state index in [4.69, 9.17) is 4.74 Å². The molecule has 0 aliphatic heterocycles. The van der Waals surface area contributed by atoms with Gasteiger partial charge >= 0.3 is 0 Å². The third-order valence-electron chi connectivity index (χ3n) is 6.04. The molecule has 1 aromatic carbocycles. The van der Waals surface area contributed by atoms with Crippen molar-refractivity contribution in [3.63, 3.8) is 0 Å². The van der Waals surface area contributed by atoms with E-state index in [9.17, 15) is 0 Å². The molecule has 0 unspecified atom stereocenters. The van der Waals surface area contributed by atoms with Gasteiger partial charge in [0.05, 0.1) is 6.61 Å². The van der Waals surface area contributed by atoms with Gasteiger partial charge in [-0.2, -0.15) is 0 Å². The molecule has 0 radical (unpaired) electrons. The van der Waals surface area contributed by atoms with Crippen molar-refractivity contribution in [2.24, 2.45) is 11.8 Å². The van der Waals surface area contributed by atoms with Gasteiger partial charge in [-0.3, -0.25) is 0 Å². The van der Waals surface area contributed by atoms with E-state index < -0.39 is 0 Å². The number of hydrogen-bond acceptors (Lipinski definition) is 3. The zero-order chi connectivity index (χ0) is 19.6. The minimum absolute atomic E-state index is 0.719. The first-order valence-electron chi connectivity index (χ1n) is 11.3. The van der Waals surface area contributed by atoms with Crippen LogP contribution in [0.3, 0.4) is 0 Å². The third kappa shape index (κ3) is 6.32. The van der Waals surface area contributed by atoms with E-state index in [0.717, 1.165) is 42.0 Å². The van der Waals surface area contributed by atoms with Gasteiger partial charge in [0.2, 0.25) is 0 Å². The molecular weight excluding hydrogens is 344 g/mol. The van der Waals surface area contributed by atoms with Gasteiger partial charge in [0.25, 0.3) is 0 Å². The molecule has 2 aromatic rings. The first-order chi connectivity index (χ1) is 13.8. The van der Waals surface area contributed by atoms with Crippen LogP contribution in [-0.2, 0) is 6.42 Å².